The maximum Gasteiger partial charge on any atom is 0.0339 e. The molecule has 0 saturated heterocycles. The minimum Gasteiger partial charge on any atom is -0.0533 e. The van der Waals surface area contributed by atoms with Gasteiger partial charge in [-0.3, -0.25) is 0 Å². The van der Waals surface area contributed by atoms with Gasteiger partial charge in [0, 0.05) is 4.75 Å². The molecule has 0 aliphatic heterocycles. The van der Waals surface area contributed by atoms with E-state index in [0.717, 1.165) is 11.8 Å². The van der Waals surface area contributed by atoms with Gasteiger partial charge in [-0.2, -0.15) is 0 Å². The van der Waals surface area contributed by atoms with E-state index in [0.29, 0.717) is 4.75 Å². The third-order valence-corrected chi connectivity index (χ3v) is 6.99. The fourth-order valence-corrected chi connectivity index (χ4v) is 5.29. The van der Waals surface area contributed by atoms with Crippen LogP contribution in [-0.4, -0.2) is 4.75 Å². The lowest BCUT2D eigenvalue weighted by molar-refractivity contribution is 0.190. The molecule has 2 fully saturated rings. The molecule has 0 bridgehead atoms. The molecule has 0 aromatic heterocycles. The molecule has 16 heavy (non-hydrogen) atoms. The predicted octanol–water partition coefficient (Wildman–Crippen LogP) is 5.79. The fourth-order valence-electron chi connectivity index (χ4n) is 3.81. The summed E-state index contributed by atoms with van der Waals surface area (Å²) >= 11 is 0. The van der Waals surface area contributed by atoms with Crippen LogP contribution in [0.3, 0.4) is 0 Å². The Balaban J connectivity index is 2.03. The molecular formula is C14H25ClS. The van der Waals surface area contributed by atoms with E-state index in [1.165, 1.54) is 64.2 Å². The summed E-state index contributed by atoms with van der Waals surface area (Å²) in [6.07, 6.45) is 14.3. The van der Waals surface area contributed by atoms with Crippen LogP contribution in [0.1, 0.15) is 71.1 Å². The van der Waals surface area contributed by atoms with Crippen molar-refractivity contribution in [2.45, 2.75) is 75.9 Å². The van der Waals surface area contributed by atoms with Crippen molar-refractivity contribution in [3.8, 4) is 0 Å². The molecule has 0 nitrogen and oxygen atoms in total. The van der Waals surface area contributed by atoms with Crippen molar-refractivity contribution in [1.29, 1.82) is 0 Å². The van der Waals surface area contributed by atoms with Crippen LogP contribution in [0.15, 0.2) is 0 Å². The Bertz CT molecular complexity index is 187. The van der Waals surface area contributed by atoms with Gasteiger partial charge >= 0.3 is 0 Å². The van der Waals surface area contributed by atoms with Crippen LogP contribution >= 0.6 is 21.7 Å². The maximum absolute atomic E-state index is 6.29. The Labute approximate surface area is 109 Å². The number of hydrogen-bond acceptors (Lipinski definition) is 1. The number of rotatable bonds is 3. The van der Waals surface area contributed by atoms with Crippen LogP contribution in [-0.2, 0) is 0 Å². The van der Waals surface area contributed by atoms with Gasteiger partial charge in [0.15, 0.2) is 0 Å². The Hall–Kier alpha value is 0.640. The Morgan fingerprint density at radius 1 is 0.812 bits per heavy atom. The molecule has 2 aliphatic rings. The second-order valence-corrected chi connectivity index (χ2v) is 7.43. The summed E-state index contributed by atoms with van der Waals surface area (Å²) < 4.78 is 0.363. The third-order valence-electron chi connectivity index (χ3n) is 5.00. The summed E-state index contributed by atoms with van der Waals surface area (Å²) in [5.74, 6) is 1.76. The van der Waals surface area contributed by atoms with Crippen molar-refractivity contribution in [2.24, 2.45) is 11.8 Å². The first-order valence-electron chi connectivity index (χ1n) is 7.07. The van der Waals surface area contributed by atoms with Crippen LogP contribution in [0, 0.1) is 11.8 Å². The molecule has 2 heteroatoms. The van der Waals surface area contributed by atoms with E-state index in [1.807, 2.05) is 0 Å². The van der Waals surface area contributed by atoms with Crippen molar-refractivity contribution in [3.63, 3.8) is 0 Å². The molecule has 0 spiro atoms. The largest absolute Gasteiger partial charge is 0.0533 e. The van der Waals surface area contributed by atoms with E-state index in [2.05, 4.69) is 6.92 Å². The highest BCUT2D eigenvalue weighted by Gasteiger charge is 2.42. The van der Waals surface area contributed by atoms with Crippen molar-refractivity contribution >= 4 is 21.7 Å². The molecule has 94 valence electrons. The first kappa shape index (κ1) is 13.1. The molecule has 2 aliphatic carbocycles. The van der Waals surface area contributed by atoms with Crippen LogP contribution < -0.4 is 0 Å². The minimum atomic E-state index is 0.363. The highest BCUT2D eigenvalue weighted by molar-refractivity contribution is 8.22. The fraction of sp³-hybridized carbons (Fsp3) is 1.00. The lowest BCUT2D eigenvalue weighted by Crippen LogP contribution is -2.40. The smallest absolute Gasteiger partial charge is 0.0339 e. The van der Waals surface area contributed by atoms with Gasteiger partial charge in [0.25, 0.3) is 0 Å². The van der Waals surface area contributed by atoms with Gasteiger partial charge in [0.05, 0.1) is 0 Å². The van der Waals surface area contributed by atoms with Crippen LogP contribution in [0.2, 0.25) is 0 Å². The summed E-state index contributed by atoms with van der Waals surface area (Å²) in [4.78, 5) is 0. The Morgan fingerprint density at radius 3 is 1.50 bits per heavy atom. The highest BCUT2D eigenvalue weighted by atomic mass is 35.7. The molecule has 0 atom stereocenters. The van der Waals surface area contributed by atoms with Crippen molar-refractivity contribution in [1.82, 2.24) is 0 Å². The zero-order chi connectivity index (χ0) is 11.4. The van der Waals surface area contributed by atoms with Crippen molar-refractivity contribution < 1.29 is 0 Å². The predicted molar refractivity (Wildman–Crippen MR) is 75.0 cm³/mol. The van der Waals surface area contributed by atoms with Crippen molar-refractivity contribution in [2.75, 3.05) is 0 Å². The van der Waals surface area contributed by atoms with E-state index in [9.17, 15) is 0 Å². The summed E-state index contributed by atoms with van der Waals surface area (Å²) in [5.41, 5.74) is 0. The van der Waals surface area contributed by atoms with Gasteiger partial charge in [-0.1, -0.05) is 38.5 Å². The monoisotopic (exact) mass is 260 g/mol. The number of hydrogen-bond donors (Lipinski definition) is 0. The quantitative estimate of drug-likeness (QED) is 0.619. The standard InChI is InChI=1S/C14H25ClS/c1-14(16-15,12-8-4-2-5-9-12)13-10-6-3-7-11-13/h12-13H,2-11H2,1H3. The molecule has 0 unspecified atom stereocenters. The summed E-state index contributed by atoms with van der Waals surface area (Å²) in [7, 11) is 7.95. The first-order chi connectivity index (χ1) is 7.77. The number of halogens is 1. The van der Waals surface area contributed by atoms with Gasteiger partial charge in [0.2, 0.25) is 0 Å². The SMILES string of the molecule is CC(SCl)(C1CCCCC1)C1CCCCC1. The minimum absolute atomic E-state index is 0.363. The van der Waals surface area contributed by atoms with Crippen LogP contribution in [0.5, 0.6) is 0 Å². The average molecular weight is 261 g/mol. The lowest BCUT2D eigenvalue weighted by atomic mass is 9.70. The van der Waals surface area contributed by atoms with Crippen molar-refractivity contribution in [3.05, 3.63) is 0 Å². The lowest BCUT2D eigenvalue weighted by Gasteiger charge is -2.45. The Morgan fingerprint density at radius 2 is 1.19 bits per heavy atom. The van der Waals surface area contributed by atoms with E-state index in [-0.39, 0.29) is 0 Å². The molecule has 2 saturated carbocycles. The molecule has 0 heterocycles. The van der Waals surface area contributed by atoms with Gasteiger partial charge in [0.1, 0.15) is 0 Å². The molecule has 2 rings (SSSR count). The zero-order valence-electron chi connectivity index (χ0n) is 10.5. The molecule has 0 amide bonds. The highest BCUT2D eigenvalue weighted by Crippen LogP contribution is 2.51. The van der Waals surface area contributed by atoms with E-state index >= 15 is 0 Å². The molecule has 0 radical (unpaired) electrons. The summed E-state index contributed by atoms with van der Waals surface area (Å²) in [6, 6.07) is 0. The molecule has 0 aromatic carbocycles. The summed E-state index contributed by atoms with van der Waals surface area (Å²) in [5, 5.41) is 0. The van der Waals surface area contributed by atoms with E-state index in [4.69, 9.17) is 10.7 Å². The zero-order valence-corrected chi connectivity index (χ0v) is 12.1. The third kappa shape index (κ3) is 2.72. The topological polar surface area (TPSA) is 0 Å². The molecular weight excluding hydrogens is 236 g/mol. The second-order valence-electron chi connectivity index (χ2n) is 5.93. The average Bonchev–Trinajstić information content (AvgIpc) is 2.40. The summed E-state index contributed by atoms with van der Waals surface area (Å²) in [6.45, 7) is 2.46. The van der Waals surface area contributed by atoms with Crippen LogP contribution in [0.25, 0.3) is 0 Å². The van der Waals surface area contributed by atoms with Gasteiger partial charge in [-0.15, -0.1) is 0 Å². The normalized spacial score (nSPS) is 25.9. The Kier molecular flexibility index (Phi) is 4.90. The second kappa shape index (κ2) is 6.00. The molecule has 0 N–H and O–H groups in total. The van der Waals surface area contributed by atoms with Crippen LogP contribution in [0.4, 0.5) is 0 Å². The van der Waals surface area contributed by atoms with Gasteiger partial charge in [-0.05, 0) is 66.1 Å². The van der Waals surface area contributed by atoms with Gasteiger partial charge in [-0.25, -0.2) is 0 Å². The van der Waals surface area contributed by atoms with Gasteiger partial charge < -0.3 is 0 Å². The maximum atomic E-state index is 6.29. The van der Waals surface area contributed by atoms with E-state index in [1.54, 1.807) is 11.0 Å². The van der Waals surface area contributed by atoms with E-state index < -0.39 is 0 Å². The molecule has 0 aromatic rings. The first-order valence-corrected chi connectivity index (χ1v) is 8.71.